The van der Waals surface area contributed by atoms with Gasteiger partial charge in [-0.2, -0.15) is 0 Å². The highest BCUT2D eigenvalue weighted by Gasteiger charge is 2.70. The topological polar surface area (TPSA) is 452 Å². The smallest absolute Gasteiger partial charge is 0.315 e. The molecule has 0 bridgehead atoms. The summed E-state index contributed by atoms with van der Waals surface area (Å²) >= 11 is 0. The molecule has 6 heterocycles. The van der Waals surface area contributed by atoms with Crippen LogP contribution in [-0.2, 0) is 61.6 Å². The first-order valence-electron chi connectivity index (χ1n) is 33.4. The first-order chi connectivity index (χ1) is 43.5. The van der Waals surface area contributed by atoms with Gasteiger partial charge in [0.2, 0.25) is 6.29 Å². The fourth-order valence-corrected chi connectivity index (χ4v) is 18.7. The van der Waals surface area contributed by atoms with Crippen molar-refractivity contribution >= 4 is 5.97 Å². The van der Waals surface area contributed by atoms with Crippen LogP contribution in [0.1, 0.15) is 127 Å². The third-order valence-corrected chi connectivity index (χ3v) is 24.8. The van der Waals surface area contributed by atoms with Crippen molar-refractivity contribution in [2.75, 3.05) is 26.4 Å². The molecule has 16 N–H and O–H groups in total. The first kappa shape index (κ1) is 72.4. The van der Waals surface area contributed by atoms with E-state index in [1.54, 1.807) is 0 Å². The van der Waals surface area contributed by atoms with E-state index in [2.05, 4.69) is 54.5 Å². The summed E-state index contributed by atoms with van der Waals surface area (Å²) in [5, 5.41) is 174. The Morgan fingerprint density at radius 2 is 1.06 bits per heavy atom. The Hall–Kier alpha value is -1.87. The van der Waals surface area contributed by atoms with Gasteiger partial charge in [-0.3, -0.25) is 4.79 Å². The van der Waals surface area contributed by atoms with Gasteiger partial charge in [-0.1, -0.05) is 60.1 Å². The molecular formula is C64H104O29. The Labute approximate surface area is 540 Å². The lowest BCUT2D eigenvalue weighted by Gasteiger charge is -2.71. The number of aliphatic hydroxyl groups is 16. The lowest BCUT2D eigenvalue weighted by atomic mass is 9.33. The minimum Gasteiger partial charge on any atom is -0.432 e. The minimum absolute atomic E-state index is 0.0999. The molecule has 0 aromatic carbocycles. The second-order valence-corrected chi connectivity index (χ2v) is 31.0. The van der Waals surface area contributed by atoms with E-state index < -0.39 is 215 Å². The highest BCUT2D eigenvalue weighted by Crippen LogP contribution is 2.76. The summed E-state index contributed by atoms with van der Waals surface area (Å²) in [5.41, 5.74) is -1.36. The predicted molar refractivity (Wildman–Crippen MR) is 313 cm³/mol. The SMILES string of the molecule is CC1OC(OC2C(O)COC(OC3C(O)C(C)OC(OC4C(OC5CCC6(C)C(CCC7(C)C6CC=C6C8CC(C)(C)CCC8(C(=O)OC8OC(COC9OC(CO)C(O)C(O)C9O)C(O)C(O)C8O)CCC67C)C5(C)C)OCC(O)C4O)C3O)C2O)C(O)C(O)C1O. The van der Waals surface area contributed by atoms with Gasteiger partial charge < -0.3 is 139 Å². The zero-order valence-corrected chi connectivity index (χ0v) is 54.4. The first-order valence-corrected chi connectivity index (χ1v) is 33.4. The highest BCUT2D eigenvalue weighted by atomic mass is 16.8. The summed E-state index contributed by atoms with van der Waals surface area (Å²) in [5.74, 6) is -0.572. The molecule has 29 heteroatoms. The van der Waals surface area contributed by atoms with Gasteiger partial charge in [-0.25, -0.2) is 0 Å². The Balaban J connectivity index is 0.767. The molecule has 0 amide bonds. The van der Waals surface area contributed by atoms with Crippen molar-refractivity contribution in [1.29, 1.82) is 0 Å². The highest BCUT2D eigenvalue weighted by molar-refractivity contribution is 5.79. The molecule has 29 nitrogen and oxygen atoms in total. The van der Waals surface area contributed by atoms with E-state index in [-0.39, 0.29) is 46.0 Å². The third-order valence-electron chi connectivity index (χ3n) is 24.8. The van der Waals surface area contributed by atoms with Crippen LogP contribution in [0, 0.1) is 50.2 Å². The maximum absolute atomic E-state index is 15.2. The summed E-state index contributed by atoms with van der Waals surface area (Å²) < 4.78 is 71.6. The average Bonchev–Trinajstić information content (AvgIpc) is 0.676. The van der Waals surface area contributed by atoms with Crippen LogP contribution in [0.5, 0.6) is 0 Å². The number of aliphatic hydroxyl groups excluding tert-OH is 16. The molecule has 5 aliphatic carbocycles. The van der Waals surface area contributed by atoms with E-state index in [1.807, 2.05) is 0 Å². The van der Waals surface area contributed by atoms with Crippen LogP contribution in [0.25, 0.3) is 0 Å². The molecule has 4 saturated carbocycles. The minimum atomic E-state index is -1.85. The Bertz CT molecular complexity index is 2620. The predicted octanol–water partition coefficient (Wildman–Crippen LogP) is -3.05. The molecule has 36 unspecified atom stereocenters. The molecule has 0 spiro atoms. The van der Waals surface area contributed by atoms with Gasteiger partial charge in [-0.15, -0.1) is 0 Å². The molecule has 10 fully saturated rings. The van der Waals surface area contributed by atoms with E-state index in [4.69, 9.17) is 56.8 Å². The summed E-state index contributed by atoms with van der Waals surface area (Å²) in [6, 6.07) is 0. The molecule has 11 rings (SSSR count). The van der Waals surface area contributed by atoms with E-state index in [0.717, 1.165) is 25.7 Å². The van der Waals surface area contributed by atoms with Gasteiger partial charge in [-0.05, 0) is 123 Å². The lowest BCUT2D eigenvalue weighted by Crippen LogP contribution is -2.66. The largest absolute Gasteiger partial charge is 0.432 e. The number of hydrogen-bond donors (Lipinski definition) is 16. The summed E-state index contributed by atoms with van der Waals surface area (Å²) in [7, 11) is 0. The standard InChI is InChI=1S/C64H104O29/c1-25-36(68)41(73)45(77)54(85-25)90-49-30(67)23-82-53(47(49)79)91-50-37(69)26(2)86-56(48(50)80)92-51-38(70)29(66)22-83-57(51)89-35-13-14-61(7)33(60(35,5)6)12-15-63(9)34(61)11-10-27-28-20-59(3,4)16-18-64(28,19-17-62(27,63)8)58(81)93-55-46(78)43(75)40(72)32(88-55)24-84-52-44(76)42(74)39(71)31(21-65)87-52/h10,25-26,28-57,65-80H,11-24H2,1-9H3. The van der Waals surface area contributed by atoms with Gasteiger partial charge in [0.1, 0.15) is 122 Å². The second kappa shape index (κ2) is 26.9. The van der Waals surface area contributed by atoms with Crippen LogP contribution in [0.3, 0.4) is 0 Å². The van der Waals surface area contributed by atoms with Gasteiger partial charge in [0, 0.05) is 0 Å². The fraction of sp³-hybridized carbons (Fsp3) is 0.953. The molecular weight excluding hydrogens is 1230 g/mol. The normalized spacial score (nSPS) is 54.7. The molecule has 0 radical (unpaired) electrons. The van der Waals surface area contributed by atoms with Crippen LogP contribution in [0.15, 0.2) is 11.6 Å². The Kier molecular flexibility index (Phi) is 20.9. The third kappa shape index (κ3) is 12.6. The molecule has 534 valence electrons. The van der Waals surface area contributed by atoms with Crippen molar-refractivity contribution in [3.05, 3.63) is 11.6 Å². The van der Waals surface area contributed by atoms with Crippen LogP contribution in [0.2, 0.25) is 0 Å². The molecule has 11 aliphatic rings. The second-order valence-electron chi connectivity index (χ2n) is 31.0. The van der Waals surface area contributed by atoms with Gasteiger partial charge in [0.15, 0.2) is 31.5 Å². The average molecular weight is 1340 g/mol. The van der Waals surface area contributed by atoms with Crippen molar-refractivity contribution in [2.45, 2.75) is 305 Å². The van der Waals surface area contributed by atoms with Crippen LogP contribution < -0.4 is 0 Å². The number of carbonyl (C=O) groups excluding carboxylic acids is 1. The van der Waals surface area contributed by atoms with Crippen LogP contribution >= 0.6 is 0 Å². The zero-order valence-electron chi connectivity index (χ0n) is 54.4. The summed E-state index contributed by atoms with van der Waals surface area (Å²) in [6.45, 7) is 16.7. The number of fused-ring (bicyclic) bond motifs is 7. The van der Waals surface area contributed by atoms with E-state index in [1.165, 1.54) is 19.4 Å². The van der Waals surface area contributed by atoms with Crippen molar-refractivity contribution in [1.82, 2.24) is 0 Å². The van der Waals surface area contributed by atoms with Crippen molar-refractivity contribution in [2.24, 2.45) is 50.2 Å². The molecule has 93 heavy (non-hydrogen) atoms. The quantitative estimate of drug-likeness (QED) is 0.0467. The number of allylic oxidation sites excluding steroid dienone is 2. The van der Waals surface area contributed by atoms with Gasteiger partial charge in [0.05, 0.1) is 50.2 Å². The number of rotatable bonds is 14. The monoisotopic (exact) mass is 1340 g/mol. The Morgan fingerprint density at radius 3 is 1.75 bits per heavy atom. The molecule has 0 aromatic heterocycles. The van der Waals surface area contributed by atoms with E-state index in [0.29, 0.717) is 38.5 Å². The van der Waals surface area contributed by atoms with E-state index >= 15 is 4.79 Å². The lowest BCUT2D eigenvalue weighted by molar-refractivity contribution is -0.384. The van der Waals surface area contributed by atoms with Crippen molar-refractivity contribution in [3.8, 4) is 0 Å². The maximum Gasteiger partial charge on any atom is 0.315 e. The van der Waals surface area contributed by atoms with Crippen LogP contribution in [0.4, 0.5) is 0 Å². The van der Waals surface area contributed by atoms with Crippen molar-refractivity contribution < 1.29 is 143 Å². The molecule has 6 saturated heterocycles. The summed E-state index contributed by atoms with van der Waals surface area (Å²) in [4.78, 5) is 15.2. The summed E-state index contributed by atoms with van der Waals surface area (Å²) in [6.07, 6.45) is -35.8. The number of carbonyl (C=O) groups is 1. The Morgan fingerprint density at radius 1 is 0.505 bits per heavy atom. The number of hydrogen-bond acceptors (Lipinski definition) is 29. The number of ether oxygens (including phenoxy) is 12. The molecule has 36 atom stereocenters. The molecule has 6 aliphatic heterocycles. The zero-order chi connectivity index (χ0) is 67.7. The van der Waals surface area contributed by atoms with E-state index in [9.17, 15) is 81.7 Å². The number of esters is 1. The van der Waals surface area contributed by atoms with Crippen molar-refractivity contribution in [3.63, 3.8) is 0 Å². The fourth-order valence-electron chi connectivity index (χ4n) is 18.7. The molecule has 0 aromatic rings. The van der Waals surface area contributed by atoms with Gasteiger partial charge in [0.25, 0.3) is 0 Å². The maximum atomic E-state index is 15.2. The van der Waals surface area contributed by atoms with Crippen LogP contribution in [-0.4, -0.2) is 292 Å². The van der Waals surface area contributed by atoms with Gasteiger partial charge >= 0.3 is 5.97 Å².